The number of aromatic nitrogens is 1. The van der Waals surface area contributed by atoms with Crippen molar-refractivity contribution in [3.63, 3.8) is 0 Å². The maximum atomic E-state index is 13.0. The van der Waals surface area contributed by atoms with E-state index in [9.17, 15) is 9.18 Å². The lowest BCUT2D eigenvalue weighted by Gasteiger charge is -2.16. The number of carbonyl (C=O) groups excluding carboxylic acids is 1. The van der Waals surface area contributed by atoms with E-state index in [1.165, 1.54) is 17.0 Å². The number of rotatable bonds is 5. The van der Waals surface area contributed by atoms with Crippen molar-refractivity contribution in [2.24, 2.45) is 0 Å². The molecule has 0 spiro atoms. The van der Waals surface area contributed by atoms with Crippen LogP contribution in [0.2, 0.25) is 5.02 Å². The summed E-state index contributed by atoms with van der Waals surface area (Å²) in [5, 5.41) is 0.989. The molecular weight excluding hydrogens is 351 g/mol. The Morgan fingerprint density at radius 3 is 2.88 bits per heavy atom. The van der Waals surface area contributed by atoms with E-state index in [1.807, 2.05) is 24.3 Å². The molecule has 0 radical (unpaired) electrons. The topological polar surface area (TPSA) is 42.4 Å². The van der Waals surface area contributed by atoms with Crippen molar-refractivity contribution in [2.75, 3.05) is 13.7 Å². The van der Waals surface area contributed by atoms with Crippen molar-refractivity contribution in [3.05, 3.63) is 58.3 Å². The van der Waals surface area contributed by atoms with Gasteiger partial charge in [-0.25, -0.2) is 9.37 Å². The van der Waals surface area contributed by atoms with E-state index in [0.717, 1.165) is 21.3 Å². The Kier molecular flexibility index (Phi) is 4.97. The van der Waals surface area contributed by atoms with Gasteiger partial charge in [0.1, 0.15) is 16.6 Å². The first-order chi connectivity index (χ1) is 11.5. The number of thiazole rings is 1. The number of halogens is 2. The van der Waals surface area contributed by atoms with E-state index in [0.29, 0.717) is 6.54 Å². The van der Waals surface area contributed by atoms with Crippen molar-refractivity contribution < 1.29 is 13.9 Å². The van der Waals surface area contributed by atoms with E-state index in [1.54, 1.807) is 18.4 Å². The minimum atomic E-state index is -0.452. The number of hydrogen-bond acceptors (Lipinski definition) is 4. The van der Waals surface area contributed by atoms with Crippen LogP contribution < -0.4 is 4.74 Å². The van der Waals surface area contributed by atoms with E-state index >= 15 is 0 Å². The van der Waals surface area contributed by atoms with Crippen LogP contribution in [0.4, 0.5) is 4.39 Å². The van der Waals surface area contributed by atoms with Crippen molar-refractivity contribution in [2.45, 2.75) is 6.54 Å². The largest absolute Gasteiger partial charge is 0.482 e. The minimum Gasteiger partial charge on any atom is -0.482 e. The van der Waals surface area contributed by atoms with Gasteiger partial charge in [-0.3, -0.25) is 4.79 Å². The maximum Gasteiger partial charge on any atom is 0.260 e. The summed E-state index contributed by atoms with van der Waals surface area (Å²) < 4.78 is 19.4. The molecule has 1 amide bonds. The first-order valence-electron chi connectivity index (χ1n) is 7.19. The Morgan fingerprint density at radius 2 is 2.12 bits per heavy atom. The van der Waals surface area contributed by atoms with Crippen LogP contribution in [0.25, 0.3) is 10.2 Å². The Labute approximate surface area is 147 Å². The maximum absolute atomic E-state index is 13.0. The van der Waals surface area contributed by atoms with Crippen LogP contribution in [0, 0.1) is 5.82 Å². The predicted octanol–water partition coefficient (Wildman–Crippen LogP) is 4.13. The van der Waals surface area contributed by atoms with Crippen molar-refractivity contribution in [1.82, 2.24) is 9.88 Å². The SMILES string of the molecule is CN(Cc1nc2ccccc2s1)C(=O)COc1ccc(F)cc1Cl. The average Bonchev–Trinajstić information content (AvgIpc) is 2.95. The lowest BCUT2D eigenvalue weighted by molar-refractivity contribution is -0.132. The zero-order valence-electron chi connectivity index (χ0n) is 12.8. The Hall–Kier alpha value is -2.18. The highest BCUT2D eigenvalue weighted by atomic mass is 35.5. The fourth-order valence-corrected chi connectivity index (χ4v) is 3.36. The third-order valence-corrected chi connectivity index (χ3v) is 4.70. The van der Waals surface area contributed by atoms with Gasteiger partial charge in [0.15, 0.2) is 6.61 Å². The third-order valence-electron chi connectivity index (χ3n) is 3.38. The van der Waals surface area contributed by atoms with Gasteiger partial charge in [0, 0.05) is 7.05 Å². The van der Waals surface area contributed by atoms with E-state index in [-0.39, 0.29) is 23.3 Å². The van der Waals surface area contributed by atoms with Crippen LogP contribution in [0.3, 0.4) is 0 Å². The molecule has 1 heterocycles. The molecule has 2 aromatic carbocycles. The minimum absolute atomic E-state index is 0.136. The zero-order chi connectivity index (χ0) is 17.1. The second kappa shape index (κ2) is 7.15. The lowest BCUT2D eigenvalue weighted by Crippen LogP contribution is -2.30. The van der Waals surface area contributed by atoms with Crippen molar-refractivity contribution in [3.8, 4) is 5.75 Å². The highest BCUT2D eigenvalue weighted by molar-refractivity contribution is 7.18. The summed E-state index contributed by atoms with van der Waals surface area (Å²) in [5.41, 5.74) is 0.924. The van der Waals surface area contributed by atoms with E-state index in [2.05, 4.69) is 4.98 Å². The molecule has 0 aliphatic rings. The van der Waals surface area contributed by atoms with Gasteiger partial charge in [-0.15, -0.1) is 11.3 Å². The fourth-order valence-electron chi connectivity index (χ4n) is 2.12. The molecule has 7 heteroatoms. The molecule has 24 heavy (non-hydrogen) atoms. The summed E-state index contributed by atoms with van der Waals surface area (Å²) in [6.07, 6.45) is 0. The van der Waals surface area contributed by atoms with Gasteiger partial charge < -0.3 is 9.64 Å². The van der Waals surface area contributed by atoms with Crippen molar-refractivity contribution >= 4 is 39.1 Å². The first-order valence-corrected chi connectivity index (χ1v) is 8.38. The van der Waals surface area contributed by atoms with Crippen LogP contribution in [0.1, 0.15) is 5.01 Å². The van der Waals surface area contributed by atoms with Crippen LogP contribution >= 0.6 is 22.9 Å². The van der Waals surface area contributed by atoms with E-state index in [4.69, 9.17) is 16.3 Å². The number of ether oxygens (including phenoxy) is 1. The smallest absolute Gasteiger partial charge is 0.260 e. The molecule has 4 nitrogen and oxygen atoms in total. The number of nitrogens with zero attached hydrogens (tertiary/aromatic N) is 2. The summed E-state index contributed by atoms with van der Waals surface area (Å²) in [4.78, 5) is 18.2. The average molecular weight is 365 g/mol. The Bertz CT molecular complexity index is 851. The Morgan fingerprint density at radius 1 is 1.33 bits per heavy atom. The molecule has 0 bridgehead atoms. The van der Waals surface area contributed by atoms with Gasteiger partial charge in [0.05, 0.1) is 21.8 Å². The molecule has 3 rings (SSSR count). The Balaban J connectivity index is 1.60. The third kappa shape index (κ3) is 3.83. The van der Waals surface area contributed by atoms with Gasteiger partial charge in [-0.1, -0.05) is 23.7 Å². The zero-order valence-corrected chi connectivity index (χ0v) is 14.4. The fraction of sp³-hybridized carbons (Fsp3) is 0.176. The normalized spacial score (nSPS) is 10.8. The molecule has 0 unspecified atom stereocenters. The summed E-state index contributed by atoms with van der Waals surface area (Å²) in [5.74, 6) is -0.388. The quantitative estimate of drug-likeness (QED) is 0.683. The number of likely N-dealkylation sites (N-methyl/N-ethyl adjacent to an activating group) is 1. The molecule has 0 saturated carbocycles. The number of para-hydroxylation sites is 1. The van der Waals surface area contributed by atoms with Crippen molar-refractivity contribution in [1.29, 1.82) is 0 Å². The molecule has 1 aromatic heterocycles. The summed E-state index contributed by atoms with van der Waals surface area (Å²) >= 11 is 7.42. The monoisotopic (exact) mass is 364 g/mol. The highest BCUT2D eigenvalue weighted by Crippen LogP contribution is 2.25. The lowest BCUT2D eigenvalue weighted by atomic mass is 10.3. The number of fused-ring (bicyclic) bond motifs is 1. The molecule has 0 aliphatic carbocycles. The number of carbonyl (C=O) groups is 1. The van der Waals surface area contributed by atoms with Crippen LogP contribution in [-0.4, -0.2) is 29.4 Å². The molecule has 0 fully saturated rings. The van der Waals surface area contributed by atoms with Gasteiger partial charge >= 0.3 is 0 Å². The van der Waals surface area contributed by atoms with Gasteiger partial charge in [0.25, 0.3) is 5.91 Å². The standard InChI is InChI=1S/C17H14ClFN2O2S/c1-21(9-16-20-13-4-2-3-5-15(13)24-16)17(22)10-23-14-7-6-11(19)8-12(14)18/h2-8H,9-10H2,1H3. The molecular formula is C17H14ClFN2O2S. The summed E-state index contributed by atoms with van der Waals surface area (Å²) in [6, 6.07) is 11.6. The van der Waals surface area contributed by atoms with Crippen LogP contribution in [0.5, 0.6) is 5.75 Å². The highest BCUT2D eigenvalue weighted by Gasteiger charge is 2.14. The second-order valence-corrected chi connectivity index (χ2v) is 6.71. The predicted molar refractivity (Wildman–Crippen MR) is 93.0 cm³/mol. The number of amides is 1. The second-order valence-electron chi connectivity index (χ2n) is 5.19. The molecule has 0 atom stereocenters. The first kappa shape index (κ1) is 16.7. The van der Waals surface area contributed by atoms with Gasteiger partial charge in [-0.2, -0.15) is 0 Å². The summed E-state index contributed by atoms with van der Waals surface area (Å²) in [7, 11) is 1.68. The number of hydrogen-bond donors (Lipinski definition) is 0. The summed E-state index contributed by atoms with van der Waals surface area (Å²) in [6.45, 7) is 0.228. The van der Waals surface area contributed by atoms with Gasteiger partial charge in [0.2, 0.25) is 0 Å². The molecule has 0 N–H and O–H groups in total. The molecule has 0 aliphatic heterocycles. The van der Waals surface area contributed by atoms with Crippen LogP contribution in [-0.2, 0) is 11.3 Å². The van der Waals surface area contributed by atoms with E-state index < -0.39 is 5.82 Å². The molecule has 0 saturated heterocycles. The van der Waals surface area contributed by atoms with Crippen LogP contribution in [0.15, 0.2) is 42.5 Å². The van der Waals surface area contributed by atoms with Gasteiger partial charge in [-0.05, 0) is 30.3 Å². The molecule has 124 valence electrons. The molecule has 3 aromatic rings. The number of benzene rings is 2.